The van der Waals surface area contributed by atoms with Crippen LogP contribution in [0.4, 0.5) is 0 Å². The second-order valence-electron chi connectivity index (χ2n) is 6.24. The van der Waals surface area contributed by atoms with Crippen molar-refractivity contribution in [3.8, 4) is 0 Å². The highest BCUT2D eigenvalue weighted by molar-refractivity contribution is 6.30. The smallest absolute Gasteiger partial charge is 0.0406 e. The molecule has 1 fully saturated rings. The van der Waals surface area contributed by atoms with Crippen molar-refractivity contribution in [3.05, 3.63) is 34.9 Å². The van der Waals surface area contributed by atoms with Crippen molar-refractivity contribution in [3.63, 3.8) is 0 Å². The van der Waals surface area contributed by atoms with Crippen LogP contribution < -0.4 is 5.32 Å². The van der Waals surface area contributed by atoms with Crippen LogP contribution in [0.5, 0.6) is 0 Å². The number of halogens is 1. The molecular weight excluding hydrogens is 230 g/mol. The van der Waals surface area contributed by atoms with Gasteiger partial charge in [0.25, 0.3) is 0 Å². The summed E-state index contributed by atoms with van der Waals surface area (Å²) in [6.45, 7) is 7.74. The van der Waals surface area contributed by atoms with E-state index in [9.17, 15) is 0 Å². The van der Waals surface area contributed by atoms with Crippen LogP contribution in [-0.4, -0.2) is 12.1 Å². The van der Waals surface area contributed by atoms with Crippen LogP contribution in [0.25, 0.3) is 0 Å². The topological polar surface area (TPSA) is 12.0 Å². The Bertz CT molecular complexity index is 371. The van der Waals surface area contributed by atoms with E-state index in [0.717, 1.165) is 11.6 Å². The fraction of sp³-hybridized carbons (Fsp3) is 0.600. The van der Waals surface area contributed by atoms with E-state index in [4.69, 9.17) is 11.6 Å². The van der Waals surface area contributed by atoms with Gasteiger partial charge in [0.15, 0.2) is 0 Å². The van der Waals surface area contributed by atoms with Crippen LogP contribution in [0, 0.1) is 0 Å². The molecule has 0 unspecified atom stereocenters. The molecular formula is C15H22ClN. The first-order valence-electron chi connectivity index (χ1n) is 6.42. The lowest BCUT2D eigenvalue weighted by atomic mass is 9.64. The van der Waals surface area contributed by atoms with Crippen LogP contribution in [0.15, 0.2) is 24.3 Å². The second kappa shape index (κ2) is 4.62. The summed E-state index contributed by atoms with van der Waals surface area (Å²) in [6, 6.07) is 8.39. The molecule has 1 saturated carbocycles. The Labute approximate surface area is 110 Å². The molecule has 0 amide bonds. The summed E-state index contributed by atoms with van der Waals surface area (Å²) >= 11 is 5.96. The lowest BCUT2D eigenvalue weighted by Gasteiger charge is -2.44. The minimum absolute atomic E-state index is 0.189. The Morgan fingerprint density at radius 1 is 1.18 bits per heavy atom. The molecule has 0 saturated heterocycles. The Balaban J connectivity index is 2.11. The van der Waals surface area contributed by atoms with E-state index >= 15 is 0 Å². The van der Waals surface area contributed by atoms with Gasteiger partial charge in [-0.3, -0.25) is 0 Å². The molecule has 1 aromatic carbocycles. The van der Waals surface area contributed by atoms with E-state index in [0.29, 0.717) is 5.41 Å². The van der Waals surface area contributed by atoms with Gasteiger partial charge in [-0.15, -0.1) is 0 Å². The molecule has 1 N–H and O–H groups in total. The molecule has 1 aliphatic carbocycles. The zero-order valence-electron chi connectivity index (χ0n) is 11.0. The highest BCUT2D eigenvalue weighted by Gasteiger charge is 2.38. The molecule has 0 heterocycles. The SMILES string of the molecule is CC(C)(C)NCC1(c2ccc(Cl)cc2)CCC1. The largest absolute Gasteiger partial charge is 0.311 e. The molecule has 2 heteroatoms. The monoisotopic (exact) mass is 251 g/mol. The molecule has 0 aromatic heterocycles. The van der Waals surface area contributed by atoms with Crippen LogP contribution in [-0.2, 0) is 5.41 Å². The summed E-state index contributed by atoms with van der Waals surface area (Å²) in [5.41, 5.74) is 1.97. The maximum atomic E-state index is 5.96. The number of nitrogens with one attached hydrogen (secondary N) is 1. The predicted molar refractivity (Wildman–Crippen MR) is 74.7 cm³/mol. The van der Waals surface area contributed by atoms with Gasteiger partial charge in [0, 0.05) is 22.5 Å². The lowest BCUT2D eigenvalue weighted by Crippen LogP contribution is -2.49. The fourth-order valence-corrected chi connectivity index (χ4v) is 2.53. The molecule has 0 aliphatic heterocycles. The normalized spacial score (nSPS) is 18.8. The van der Waals surface area contributed by atoms with Gasteiger partial charge < -0.3 is 5.32 Å². The molecule has 1 nitrogen and oxygen atoms in total. The van der Waals surface area contributed by atoms with Crippen molar-refractivity contribution < 1.29 is 0 Å². The zero-order valence-corrected chi connectivity index (χ0v) is 11.8. The molecule has 1 aliphatic rings. The van der Waals surface area contributed by atoms with Gasteiger partial charge in [-0.25, -0.2) is 0 Å². The molecule has 0 atom stereocenters. The molecule has 17 heavy (non-hydrogen) atoms. The molecule has 1 aromatic rings. The molecule has 0 bridgehead atoms. The van der Waals surface area contributed by atoms with Gasteiger partial charge >= 0.3 is 0 Å². The van der Waals surface area contributed by atoms with Crippen LogP contribution in [0.1, 0.15) is 45.6 Å². The first-order chi connectivity index (χ1) is 7.91. The Morgan fingerprint density at radius 2 is 1.76 bits per heavy atom. The predicted octanol–water partition coefficient (Wildman–Crippen LogP) is 4.15. The summed E-state index contributed by atoms with van der Waals surface area (Å²) in [7, 11) is 0. The summed E-state index contributed by atoms with van der Waals surface area (Å²) in [5.74, 6) is 0. The van der Waals surface area contributed by atoms with Gasteiger partial charge in [0.1, 0.15) is 0 Å². The molecule has 94 valence electrons. The van der Waals surface area contributed by atoms with Crippen LogP contribution in [0.2, 0.25) is 5.02 Å². The fourth-order valence-electron chi connectivity index (χ4n) is 2.41. The highest BCUT2D eigenvalue weighted by Crippen LogP contribution is 2.43. The van der Waals surface area contributed by atoms with Gasteiger partial charge in [0.2, 0.25) is 0 Å². The molecule has 2 rings (SSSR count). The lowest BCUT2D eigenvalue weighted by molar-refractivity contribution is 0.213. The van der Waals surface area contributed by atoms with Crippen LogP contribution in [0.3, 0.4) is 0 Å². The molecule has 0 radical (unpaired) electrons. The zero-order chi connectivity index (χ0) is 12.5. The minimum atomic E-state index is 0.189. The van der Waals surface area contributed by atoms with Crippen molar-refractivity contribution in [1.29, 1.82) is 0 Å². The Kier molecular flexibility index (Phi) is 3.51. The summed E-state index contributed by atoms with van der Waals surface area (Å²) in [6.07, 6.45) is 3.92. The number of rotatable bonds is 3. The van der Waals surface area contributed by atoms with Crippen molar-refractivity contribution >= 4 is 11.6 Å². The average Bonchev–Trinajstić information content (AvgIpc) is 2.17. The van der Waals surface area contributed by atoms with Gasteiger partial charge in [-0.1, -0.05) is 30.2 Å². The van der Waals surface area contributed by atoms with E-state index in [1.54, 1.807) is 0 Å². The maximum absolute atomic E-state index is 5.96. The van der Waals surface area contributed by atoms with Crippen molar-refractivity contribution in [2.24, 2.45) is 0 Å². The summed E-state index contributed by atoms with van der Waals surface area (Å²) in [4.78, 5) is 0. The van der Waals surface area contributed by atoms with Crippen molar-refractivity contribution in [2.75, 3.05) is 6.54 Å². The quantitative estimate of drug-likeness (QED) is 0.851. The Morgan fingerprint density at radius 3 is 2.18 bits per heavy atom. The second-order valence-corrected chi connectivity index (χ2v) is 6.68. The third-order valence-electron chi connectivity index (χ3n) is 3.72. The van der Waals surface area contributed by atoms with Crippen molar-refractivity contribution in [1.82, 2.24) is 5.32 Å². The minimum Gasteiger partial charge on any atom is -0.311 e. The summed E-state index contributed by atoms with van der Waals surface area (Å²) in [5, 5.41) is 4.47. The Hall–Kier alpha value is -0.530. The van der Waals surface area contributed by atoms with E-state index in [1.807, 2.05) is 12.1 Å². The van der Waals surface area contributed by atoms with Crippen LogP contribution >= 0.6 is 11.6 Å². The third kappa shape index (κ3) is 3.02. The number of benzene rings is 1. The summed E-state index contributed by atoms with van der Waals surface area (Å²) < 4.78 is 0. The number of hydrogen-bond donors (Lipinski definition) is 1. The van der Waals surface area contributed by atoms with Gasteiger partial charge in [-0.05, 0) is 51.3 Å². The van der Waals surface area contributed by atoms with E-state index < -0.39 is 0 Å². The standard InChI is InChI=1S/C15H22ClN/c1-14(2,3)17-11-15(9-4-10-15)12-5-7-13(16)8-6-12/h5-8,17H,4,9-11H2,1-3H3. The highest BCUT2D eigenvalue weighted by atomic mass is 35.5. The van der Waals surface area contributed by atoms with Crippen molar-refractivity contribution in [2.45, 2.75) is 51.0 Å². The first-order valence-corrected chi connectivity index (χ1v) is 6.80. The number of hydrogen-bond acceptors (Lipinski definition) is 1. The van der Waals surface area contributed by atoms with Gasteiger partial charge in [0.05, 0.1) is 0 Å². The maximum Gasteiger partial charge on any atom is 0.0406 e. The van der Waals surface area contributed by atoms with E-state index in [-0.39, 0.29) is 5.54 Å². The van der Waals surface area contributed by atoms with Gasteiger partial charge in [-0.2, -0.15) is 0 Å². The third-order valence-corrected chi connectivity index (χ3v) is 3.98. The molecule has 0 spiro atoms. The van der Waals surface area contributed by atoms with E-state index in [2.05, 4.69) is 38.2 Å². The van der Waals surface area contributed by atoms with E-state index in [1.165, 1.54) is 24.8 Å². The average molecular weight is 252 g/mol. The first kappa shape index (κ1) is 12.9.